The third kappa shape index (κ3) is 4.87. The smallest absolute Gasteiger partial charge is 0.276 e. The summed E-state index contributed by atoms with van der Waals surface area (Å²) >= 11 is 0. The molecule has 4 rings (SSSR count). The Balaban J connectivity index is 1.50. The maximum atomic E-state index is 13.5. The van der Waals surface area contributed by atoms with Gasteiger partial charge >= 0.3 is 0 Å². The van der Waals surface area contributed by atoms with Crippen LogP contribution in [0.25, 0.3) is 5.69 Å². The van der Waals surface area contributed by atoms with E-state index in [1.807, 2.05) is 55.1 Å². The van der Waals surface area contributed by atoms with Crippen LogP contribution in [0.5, 0.6) is 11.5 Å². The molecule has 0 spiro atoms. The first-order valence-electron chi connectivity index (χ1n) is 11.5. The van der Waals surface area contributed by atoms with Gasteiger partial charge in [0.1, 0.15) is 0 Å². The topological polar surface area (TPSA) is 69.5 Å². The van der Waals surface area contributed by atoms with E-state index in [-0.39, 0.29) is 11.9 Å². The number of aromatic nitrogens is 3. The predicted octanol–water partition coefficient (Wildman–Crippen LogP) is 4.53. The molecule has 174 valence electrons. The molecule has 0 saturated carbocycles. The number of aryl methyl sites for hydroxylation is 2. The molecule has 0 bridgehead atoms. The Bertz CT molecular complexity index is 1120. The van der Waals surface area contributed by atoms with Crippen LogP contribution in [0.15, 0.2) is 42.5 Å². The fraction of sp³-hybridized carbons (Fsp3) is 0.423. The Labute approximate surface area is 195 Å². The van der Waals surface area contributed by atoms with Crippen molar-refractivity contribution in [3.05, 3.63) is 65.0 Å². The number of nitrogens with zero attached hydrogens (tertiary/aromatic N) is 4. The largest absolute Gasteiger partial charge is 0.493 e. The normalized spacial score (nSPS) is 16.0. The lowest BCUT2D eigenvalue weighted by molar-refractivity contribution is 0.0595. The Morgan fingerprint density at radius 3 is 2.64 bits per heavy atom. The second kappa shape index (κ2) is 10.1. The molecule has 1 aromatic heterocycles. The van der Waals surface area contributed by atoms with Gasteiger partial charge in [-0.25, -0.2) is 4.68 Å². The summed E-state index contributed by atoms with van der Waals surface area (Å²) in [5.74, 6) is 1.43. The Morgan fingerprint density at radius 2 is 1.88 bits per heavy atom. The Hall–Kier alpha value is -3.35. The fourth-order valence-corrected chi connectivity index (χ4v) is 4.61. The minimum atomic E-state index is -0.0246. The van der Waals surface area contributed by atoms with Crippen LogP contribution in [0, 0.1) is 13.8 Å². The molecule has 3 aromatic rings. The van der Waals surface area contributed by atoms with Gasteiger partial charge < -0.3 is 14.4 Å². The maximum Gasteiger partial charge on any atom is 0.276 e. The summed E-state index contributed by atoms with van der Waals surface area (Å²) in [6, 6.07) is 14.3. The summed E-state index contributed by atoms with van der Waals surface area (Å²) < 4.78 is 12.5. The standard InChI is InChI=1S/C26H32N4O3/c1-18-8-7-10-22(16-18)30-19(2)25(27-28-30)26(31)29-15-6-5-9-21(29)13-11-20-12-14-23(32-3)24(17-20)33-4/h7-8,10,12,14,16-17,21H,5-6,9,11,13,15H2,1-4H3. The summed E-state index contributed by atoms with van der Waals surface area (Å²) in [5, 5.41) is 8.57. The highest BCUT2D eigenvalue weighted by molar-refractivity contribution is 5.93. The maximum absolute atomic E-state index is 13.5. The summed E-state index contributed by atoms with van der Waals surface area (Å²) in [6.07, 6.45) is 4.92. The molecule has 1 aliphatic rings. The molecular weight excluding hydrogens is 416 g/mol. The van der Waals surface area contributed by atoms with Crippen molar-refractivity contribution in [3.8, 4) is 17.2 Å². The van der Waals surface area contributed by atoms with E-state index < -0.39 is 0 Å². The van der Waals surface area contributed by atoms with Crippen molar-refractivity contribution in [3.63, 3.8) is 0 Å². The first kappa shape index (κ1) is 22.8. The minimum Gasteiger partial charge on any atom is -0.493 e. The van der Waals surface area contributed by atoms with Gasteiger partial charge in [-0.1, -0.05) is 23.4 Å². The number of benzene rings is 2. The van der Waals surface area contributed by atoms with Crippen LogP contribution in [-0.2, 0) is 6.42 Å². The third-order valence-electron chi connectivity index (χ3n) is 6.45. The van der Waals surface area contributed by atoms with Gasteiger partial charge in [-0.3, -0.25) is 4.79 Å². The van der Waals surface area contributed by atoms with Crippen molar-refractivity contribution in [2.45, 2.75) is 52.0 Å². The van der Waals surface area contributed by atoms with E-state index >= 15 is 0 Å². The second-order valence-electron chi connectivity index (χ2n) is 8.65. The zero-order valence-corrected chi connectivity index (χ0v) is 19.9. The molecule has 7 heteroatoms. The summed E-state index contributed by atoms with van der Waals surface area (Å²) in [7, 11) is 3.29. The number of ether oxygens (including phenoxy) is 2. The first-order valence-corrected chi connectivity index (χ1v) is 11.5. The molecule has 1 amide bonds. The van der Waals surface area contributed by atoms with Crippen molar-refractivity contribution in [1.29, 1.82) is 0 Å². The van der Waals surface area contributed by atoms with Gasteiger partial charge in [0.25, 0.3) is 5.91 Å². The number of carbonyl (C=O) groups is 1. The van der Waals surface area contributed by atoms with Gasteiger partial charge in [0.15, 0.2) is 17.2 Å². The average molecular weight is 449 g/mol. The van der Waals surface area contributed by atoms with Gasteiger partial charge in [-0.05, 0) is 81.3 Å². The molecule has 2 heterocycles. The molecular formula is C26H32N4O3. The van der Waals surface area contributed by atoms with E-state index in [9.17, 15) is 4.79 Å². The lowest BCUT2D eigenvalue weighted by Gasteiger charge is -2.35. The molecule has 1 atom stereocenters. The van der Waals surface area contributed by atoms with Crippen LogP contribution < -0.4 is 9.47 Å². The van der Waals surface area contributed by atoms with Gasteiger partial charge in [0.2, 0.25) is 0 Å². The second-order valence-corrected chi connectivity index (χ2v) is 8.65. The molecule has 1 aliphatic heterocycles. The zero-order chi connectivity index (χ0) is 23.4. The van der Waals surface area contributed by atoms with E-state index in [1.165, 1.54) is 5.56 Å². The van der Waals surface area contributed by atoms with Crippen LogP contribution in [0.4, 0.5) is 0 Å². The Morgan fingerprint density at radius 1 is 1.06 bits per heavy atom. The highest BCUT2D eigenvalue weighted by atomic mass is 16.5. The van der Waals surface area contributed by atoms with Gasteiger partial charge in [-0.2, -0.15) is 0 Å². The first-order chi connectivity index (χ1) is 16.0. The molecule has 0 radical (unpaired) electrons. The number of methoxy groups -OCH3 is 2. The molecule has 7 nitrogen and oxygen atoms in total. The van der Waals surface area contributed by atoms with Crippen LogP contribution in [0.2, 0.25) is 0 Å². The van der Waals surface area contributed by atoms with E-state index in [0.29, 0.717) is 5.69 Å². The lowest BCUT2D eigenvalue weighted by atomic mass is 9.95. The number of hydrogen-bond donors (Lipinski definition) is 0. The molecule has 1 saturated heterocycles. The van der Waals surface area contributed by atoms with Crippen LogP contribution in [0.3, 0.4) is 0 Å². The third-order valence-corrected chi connectivity index (χ3v) is 6.45. The van der Waals surface area contributed by atoms with E-state index in [4.69, 9.17) is 9.47 Å². The fourth-order valence-electron chi connectivity index (χ4n) is 4.61. The number of rotatable bonds is 7. The number of piperidine rings is 1. The molecule has 33 heavy (non-hydrogen) atoms. The average Bonchev–Trinajstić information content (AvgIpc) is 3.23. The molecule has 0 N–H and O–H groups in total. The predicted molar refractivity (Wildman–Crippen MR) is 127 cm³/mol. The van der Waals surface area contributed by atoms with Gasteiger partial charge in [0, 0.05) is 12.6 Å². The van der Waals surface area contributed by atoms with Crippen LogP contribution >= 0.6 is 0 Å². The summed E-state index contributed by atoms with van der Waals surface area (Å²) in [5.41, 5.74) is 4.45. The van der Waals surface area contributed by atoms with Gasteiger partial charge in [0.05, 0.1) is 25.6 Å². The van der Waals surface area contributed by atoms with Crippen molar-refractivity contribution >= 4 is 5.91 Å². The van der Waals surface area contributed by atoms with Crippen molar-refractivity contribution in [2.24, 2.45) is 0 Å². The number of likely N-dealkylation sites (tertiary alicyclic amines) is 1. The van der Waals surface area contributed by atoms with Gasteiger partial charge in [-0.15, -0.1) is 5.10 Å². The van der Waals surface area contributed by atoms with Crippen molar-refractivity contribution in [1.82, 2.24) is 19.9 Å². The lowest BCUT2D eigenvalue weighted by Crippen LogP contribution is -2.44. The van der Waals surface area contributed by atoms with Crippen LogP contribution in [-0.4, -0.2) is 52.6 Å². The van der Waals surface area contributed by atoms with E-state index in [2.05, 4.69) is 16.4 Å². The number of carbonyl (C=O) groups excluding carboxylic acids is 1. The Kier molecular flexibility index (Phi) is 6.96. The summed E-state index contributed by atoms with van der Waals surface area (Å²) in [6.45, 7) is 4.71. The number of hydrogen-bond acceptors (Lipinski definition) is 5. The minimum absolute atomic E-state index is 0.0246. The van der Waals surface area contributed by atoms with Crippen molar-refractivity contribution < 1.29 is 14.3 Å². The molecule has 1 unspecified atom stereocenters. The summed E-state index contributed by atoms with van der Waals surface area (Å²) in [4.78, 5) is 15.5. The SMILES string of the molecule is COc1ccc(CCC2CCCCN2C(=O)c2nnn(-c3cccc(C)c3)c2C)cc1OC. The highest BCUT2D eigenvalue weighted by Gasteiger charge is 2.30. The highest BCUT2D eigenvalue weighted by Crippen LogP contribution is 2.29. The van der Waals surface area contributed by atoms with Crippen molar-refractivity contribution in [2.75, 3.05) is 20.8 Å². The van der Waals surface area contributed by atoms with E-state index in [0.717, 1.165) is 67.1 Å². The molecule has 2 aromatic carbocycles. The number of amides is 1. The monoisotopic (exact) mass is 448 g/mol. The zero-order valence-electron chi connectivity index (χ0n) is 19.9. The molecule has 1 fully saturated rings. The molecule has 0 aliphatic carbocycles. The van der Waals surface area contributed by atoms with Crippen LogP contribution in [0.1, 0.15) is 53.0 Å². The van der Waals surface area contributed by atoms with E-state index in [1.54, 1.807) is 18.9 Å². The quantitative estimate of drug-likeness (QED) is 0.531.